The fraction of sp³-hybridized carbons (Fsp3) is 0.448. The van der Waals surface area contributed by atoms with Crippen LogP contribution in [0.1, 0.15) is 55.0 Å². The number of hydrogen-bond acceptors (Lipinski definition) is 4. The Morgan fingerprint density at radius 3 is 2.46 bits per heavy atom. The van der Waals surface area contributed by atoms with Crippen molar-refractivity contribution in [2.75, 3.05) is 26.7 Å². The van der Waals surface area contributed by atoms with Crippen LogP contribution in [0.15, 0.2) is 36.5 Å². The van der Waals surface area contributed by atoms with Crippen molar-refractivity contribution in [3.05, 3.63) is 70.7 Å². The molecule has 2 heterocycles. The molecule has 0 bridgehead atoms. The van der Waals surface area contributed by atoms with Gasteiger partial charge in [-0.05, 0) is 94.1 Å². The van der Waals surface area contributed by atoms with Crippen molar-refractivity contribution in [1.82, 2.24) is 9.88 Å². The lowest BCUT2D eigenvalue weighted by atomic mass is 9.74. The molecule has 1 aromatic heterocycles. The van der Waals surface area contributed by atoms with E-state index in [1.807, 2.05) is 0 Å². The van der Waals surface area contributed by atoms with Crippen LogP contribution >= 0.6 is 0 Å². The summed E-state index contributed by atoms with van der Waals surface area (Å²) in [4.78, 5) is 18.6. The molecule has 2 aromatic carbocycles. The lowest BCUT2D eigenvalue weighted by Crippen LogP contribution is -2.44. The fourth-order valence-corrected chi connectivity index (χ4v) is 5.42. The van der Waals surface area contributed by atoms with E-state index in [2.05, 4.69) is 9.88 Å². The molecule has 10 heteroatoms. The number of piperidine rings is 1. The number of nitrogens with zero attached hydrogens (tertiary/aromatic N) is 2. The Kier molecular flexibility index (Phi) is 9.04. The third-order valence-corrected chi connectivity index (χ3v) is 7.78. The predicted molar refractivity (Wildman–Crippen MR) is 137 cm³/mol. The summed E-state index contributed by atoms with van der Waals surface area (Å²) in [7, 11) is 1.48. The van der Waals surface area contributed by atoms with E-state index in [1.54, 1.807) is 18.2 Å². The zero-order valence-electron chi connectivity index (χ0n) is 21.7. The maximum Gasteiger partial charge on any atom is 0.309 e. The summed E-state index contributed by atoms with van der Waals surface area (Å²) in [5.41, 5.74) is 0.0427. The van der Waals surface area contributed by atoms with Gasteiger partial charge in [0.1, 0.15) is 18.6 Å². The number of ether oxygens (including phenoxy) is 1. The number of carboxylic acids is 1. The predicted octanol–water partition coefficient (Wildman–Crippen LogP) is 6.72. The molecule has 0 saturated carbocycles. The van der Waals surface area contributed by atoms with E-state index in [9.17, 15) is 27.5 Å². The van der Waals surface area contributed by atoms with E-state index < -0.39 is 41.7 Å². The molecule has 0 radical (unpaired) electrons. The zero-order chi connectivity index (χ0) is 28.2. The Bertz CT molecular complexity index is 1300. The van der Waals surface area contributed by atoms with E-state index in [-0.39, 0.29) is 24.0 Å². The van der Waals surface area contributed by atoms with Gasteiger partial charge in [-0.25, -0.2) is 22.0 Å². The van der Waals surface area contributed by atoms with Crippen molar-refractivity contribution < 1.29 is 36.6 Å². The molecule has 5 nitrogen and oxygen atoms in total. The van der Waals surface area contributed by atoms with E-state index in [0.717, 1.165) is 12.1 Å². The average molecular weight is 551 g/mol. The number of methoxy groups -OCH3 is 1. The summed E-state index contributed by atoms with van der Waals surface area (Å²) in [6.07, 6.45) is 1.27. The Hall–Kier alpha value is -3.27. The van der Waals surface area contributed by atoms with Crippen LogP contribution in [0.2, 0.25) is 0 Å². The molecular weight excluding hydrogens is 519 g/mol. The van der Waals surface area contributed by atoms with Gasteiger partial charge in [0, 0.05) is 22.7 Å². The largest absolute Gasteiger partial charge is 0.497 e. The molecule has 0 aliphatic carbocycles. The van der Waals surface area contributed by atoms with E-state index >= 15 is 4.39 Å². The van der Waals surface area contributed by atoms with Crippen molar-refractivity contribution in [3.8, 4) is 5.75 Å². The van der Waals surface area contributed by atoms with Crippen LogP contribution in [0.25, 0.3) is 10.9 Å². The summed E-state index contributed by atoms with van der Waals surface area (Å²) in [6, 6.07) is 6.93. The molecule has 1 N–H and O–H groups in total. The number of hydrogen-bond donors (Lipinski definition) is 1. The van der Waals surface area contributed by atoms with Crippen LogP contribution in [-0.2, 0) is 17.9 Å². The van der Waals surface area contributed by atoms with Crippen LogP contribution < -0.4 is 4.74 Å². The summed E-state index contributed by atoms with van der Waals surface area (Å²) in [6.45, 7) is 0.625. The maximum absolute atomic E-state index is 15.7. The number of likely N-dealkylation sites (tertiary alicyclic amines) is 1. The minimum Gasteiger partial charge on any atom is -0.497 e. The summed E-state index contributed by atoms with van der Waals surface area (Å²) < 4.78 is 74.8. The topological polar surface area (TPSA) is 62.7 Å². The van der Waals surface area contributed by atoms with Gasteiger partial charge in [-0.3, -0.25) is 9.78 Å². The molecule has 1 saturated heterocycles. The van der Waals surface area contributed by atoms with Gasteiger partial charge >= 0.3 is 5.97 Å². The van der Waals surface area contributed by atoms with Crippen LogP contribution in [0.4, 0.5) is 22.0 Å². The van der Waals surface area contributed by atoms with Gasteiger partial charge in [0.15, 0.2) is 17.5 Å². The number of aryl methyl sites for hydroxylation is 1. The number of halogens is 5. The highest BCUT2D eigenvalue weighted by Crippen LogP contribution is 2.41. The van der Waals surface area contributed by atoms with Crippen LogP contribution in [-0.4, -0.2) is 47.7 Å². The molecule has 210 valence electrons. The quantitative estimate of drug-likeness (QED) is 0.212. The first-order valence-electron chi connectivity index (χ1n) is 12.9. The molecule has 1 atom stereocenters. The second kappa shape index (κ2) is 12.3. The van der Waals surface area contributed by atoms with Crippen molar-refractivity contribution in [2.45, 2.75) is 51.4 Å². The summed E-state index contributed by atoms with van der Waals surface area (Å²) in [5.74, 6) is -4.44. The fourth-order valence-electron chi connectivity index (χ4n) is 5.42. The standard InChI is InChI=1S/C29H31F5N2O3/c1-39-20-4-5-25-21(15-20)26(19(16-30)17-35-25)22(31)6-7-29(28(37)38)8-11-36(12-9-29)10-2-3-18-13-23(32)27(34)24(33)14-18/h4-5,13-15,17,22H,2-3,6-12,16H2,1H3,(H,37,38)/t22-/m1/s1. The van der Waals surface area contributed by atoms with E-state index in [1.165, 1.54) is 13.3 Å². The number of fused-ring (bicyclic) bond motifs is 1. The first-order valence-corrected chi connectivity index (χ1v) is 12.9. The Morgan fingerprint density at radius 1 is 1.15 bits per heavy atom. The summed E-state index contributed by atoms with van der Waals surface area (Å²) in [5, 5.41) is 10.5. The molecular formula is C29H31F5N2O3. The van der Waals surface area contributed by atoms with Crippen LogP contribution in [0.5, 0.6) is 5.75 Å². The van der Waals surface area contributed by atoms with Gasteiger partial charge in [0.05, 0.1) is 18.0 Å². The van der Waals surface area contributed by atoms with Gasteiger partial charge < -0.3 is 14.7 Å². The monoisotopic (exact) mass is 550 g/mol. The second-order valence-electron chi connectivity index (χ2n) is 10.1. The number of aliphatic carboxylic acids is 1. The highest BCUT2D eigenvalue weighted by atomic mass is 19.2. The third-order valence-electron chi connectivity index (χ3n) is 7.78. The Labute approximate surface area is 223 Å². The first kappa shape index (κ1) is 28.7. The average Bonchev–Trinajstić information content (AvgIpc) is 2.94. The van der Waals surface area contributed by atoms with Gasteiger partial charge in [0.25, 0.3) is 0 Å². The van der Waals surface area contributed by atoms with Gasteiger partial charge in [-0.1, -0.05) is 0 Å². The van der Waals surface area contributed by atoms with Crippen molar-refractivity contribution in [2.24, 2.45) is 5.41 Å². The molecule has 1 aliphatic heterocycles. The number of rotatable bonds is 11. The lowest BCUT2D eigenvalue weighted by Gasteiger charge is -2.39. The third kappa shape index (κ3) is 6.32. The first-order chi connectivity index (χ1) is 18.7. The molecule has 3 aromatic rings. The SMILES string of the molecule is COc1ccc2ncc(CF)c([C@H](F)CCC3(C(=O)O)CCN(CCCc4cc(F)c(F)c(F)c4)CC3)c2c1. The lowest BCUT2D eigenvalue weighted by molar-refractivity contribution is -0.153. The van der Waals surface area contributed by atoms with Gasteiger partial charge in [0.2, 0.25) is 0 Å². The number of aromatic nitrogens is 1. The summed E-state index contributed by atoms with van der Waals surface area (Å²) >= 11 is 0. The van der Waals surface area contributed by atoms with Gasteiger partial charge in [-0.2, -0.15) is 0 Å². The van der Waals surface area contributed by atoms with Crippen molar-refractivity contribution >= 4 is 16.9 Å². The minimum atomic E-state index is -1.58. The Morgan fingerprint density at radius 2 is 1.85 bits per heavy atom. The normalized spacial score (nSPS) is 16.4. The highest BCUT2D eigenvalue weighted by molar-refractivity contribution is 5.85. The maximum atomic E-state index is 15.7. The highest BCUT2D eigenvalue weighted by Gasteiger charge is 2.41. The molecule has 1 aliphatic rings. The molecule has 0 amide bonds. The molecule has 1 fully saturated rings. The van der Waals surface area contributed by atoms with E-state index in [4.69, 9.17) is 4.74 Å². The molecule has 0 spiro atoms. The number of carboxylic acid groups (broad SMARTS) is 1. The smallest absolute Gasteiger partial charge is 0.309 e. The number of carbonyl (C=O) groups is 1. The van der Waals surface area contributed by atoms with Crippen LogP contribution in [0.3, 0.4) is 0 Å². The van der Waals surface area contributed by atoms with Gasteiger partial charge in [-0.15, -0.1) is 0 Å². The molecule has 39 heavy (non-hydrogen) atoms. The number of pyridine rings is 1. The number of alkyl halides is 2. The van der Waals surface area contributed by atoms with E-state index in [0.29, 0.717) is 67.5 Å². The second-order valence-corrected chi connectivity index (χ2v) is 10.1. The zero-order valence-corrected chi connectivity index (χ0v) is 21.7. The Balaban J connectivity index is 1.38. The minimum absolute atomic E-state index is 0.0860. The van der Waals surface area contributed by atoms with Crippen molar-refractivity contribution in [3.63, 3.8) is 0 Å². The molecule has 0 unspecified atom stereocenters. The van der Waals surface area contributed by atoms with Crippen LogP contribution in [0, 0.1) is 22.9 Å². The number of benzene rings is 2. The van der Waals surface area contributed by atoms with Crippen molar-refractivity contribution in [1.29, 1.82) is 0 Å². The molecule has 4 rings (SSSR count).